The van der Waals surface area contributed by atoms with Gasteiger partial charge in [0.2, 0.25) is 0 Å². The normalized spacial score (nSPS) is 13.0. The van der Waals surface area contributed by atoms with Crippen molar-refractivity contribution in [2.45, 2.75) is 47.2 Å². The zero-order valence-corrected chi connectivity index (χ0v) is 11.5. The molecule has 1 aromatic rings. The minimum absolute atomic E-state index is 0.236. The lowest BCUT2D eigenvalue weighted by atomic mass is 10.1. The van der Waals surface area contributed by atoms with Crippen LogP contribution in [0.25, 0.3) is 0 Å². The second kappa shape index (κ2) is 6.77. The minimum Gasteiger partial charge on any atom is -0.396 e. The first-order chi connectivity index (χ1) is 8.10. The molecule has 1 heterocycles. The molecule has 2 N–H and O–H groups in total. The highest BCUT2D eigenvalue weighted by Crippen LogP contribution is 2.13. The van der Waals surface area contributed by atoms with E-state index in [-0.39, 0.29) is 6.61 Å². The predicted molar refractivity (Wildman–Crippen MR) is 69.9 cm³/mol. The quantitative estimate of drug-likeness (QED) is 0.760. The van der Waals surface area contributed by atoms with Crippen molar-refractivity contribution in [2.24, 2.45) is 5.92 Å². The van der Waals surface area contributed by atoms with Crippen LogP contribution in [0.1, 0.15) is 37.2 Å². The molecule has 0 spiro atoms. The summed E-state index contributed by atoms with van der Waals surface area (Å²) >= 11 is 0. The van der Waals surface area contributed by atoms with Gasteiger partial charge in [0.1, 0.15) is 0 Å². The predicted octanol–water partition coefficient (Wildman–Crippen LogP) is 1.63. The molecule has 0 saturated carbocycles. The van der Waals surface area contributed by atoms with E-state index in [1.165, 1.54) is 11.3 Å². The van der Waals surface area contributed by atoms with E-state index in [4.69, 9.17) is 5.11 Å². The first-order valence-corrected chi connectivity index (χ1v) is 6.44. The van der Waals surface area contributed by atoms with E-state index in [0.29, 0.717) is 5.92 Å². The second-order valence-electron chi connectivity index (χ2n) is 4.79. The number of nitrogens with zero attached hydrogens (tertiary/aromatic N) is 2. The van der Waals surface area contributed by atoms with Crippen LogP contribution in [0.5, 0.6) is 0 Å². The molecule has 0 radical (unpaired) electrons. The van der Waals surface area contributed by atoms with Crippen LogP contribution >= 0.6 is 0 Å². The van der Waals surface area contributed by atoms with Crippen LogP contribution in [0, 0.1) is 19.8 Å². The largest absolute Gasteiger partial charge is 0.396 e. The van der Waals surface area contributed by atoms with Gasteiger partial charge in [0.05, 0.1) is 5.69 Å². The molecular weight excluding hydrogens is 214 g/mol. The number of aliphatic hydroxyl groups excluding tert-OH is 1. The standard InChI is InChI=1S/C13H25N3O/c1-5-6-16-12(4)13(11(3)15-16)8-14-7-10(2)9-17/h10,14,17H,5-9H2,1-4H3. The number of hydrogen-bond acceptors (Lipinski definition) is 3. The summed E-state index contributed by atoms with van der Waals surface area (Å²) in [5.74, 6) is 0.307. The first kappa shape index (κ1) is 14.2. The maximum Gasteiger partial charge on any atom is 0.0641 e. The van der Waals surface area contributed by atoms with Gasteiger partial charge in [0.25, 0.3) is 0 Å². The highest BCUT2D eigenvalue weighted by Gasteiger charge is 2.10. The van der Waals surface area contributed by atoms with Crippen molar-refractivity contribution in [2.75, 3.05) is 13.2 Å². The van der Waals surface area contributed by atoms with Gasteiger partial charge in [-0.2, -0.15) is 5.10 Å². The van der Waals surface area contributed by atoms with Crippen molar-refractivity contribution in [3.8, 4) is 0 Å². The number of nitrogens with one attached hydrogen (secondary N) is 1. The number of rotatable bonds is 7. The fraction of sp³-hybridized carbons (Fsp3) is 0.769. The summed E-state index contributed by atoms with van der Waals surface area (Å²) < 4.78 is 2.09. The molecule has 0 fully saturated rings. The van der Waals surface area contributed by atoms with Gasteiger partial charge in [0.15, 0.2) is 0 Å². The van der Waals surface area contributed by atoms with Gasteiger partial charge in [-0.1, -0.05) is 13.8 Å². The summed E-state index contributed by atoms with van der Waals surface area (Å²) in [6.45, 7) is 11.3. The topological polar surface area (TPSA) is 50.1 Å². The first-order valence-electron chi connectivity index (χ1n) is 6.44. The van der Waals surface area contributed by atoms with Crippen molar-refractivity contribution < 1.29 is 5.11 Å². The Kier molecular flexibility index (Phi) is 5.65. The third kappa shape index (κ3) is 3.82. The Morgan fingerprint density at radius 2 is 2.12 bits per heavy atom. The highest BCUT2D eigenvalue weighted by atomic mass is 16.3. The number of hydrogen-bond donors (Lipinski definition) is 2. The van der Waals surface area contributed by atoms with Gasteiger partial charge in [-0.05, 0) is 26.2 Å². The lowest BCUT2D eigenvalue weighted by Gasteiger charge is -2.10. The van der Waals surface area contributed by atoms with Crippen LogP contribution in [0.4, 0.5) is 0 Å². The molecule has 1 aromatic heterocycles. The van der Waals surface area contributed by atoms with Crippen LogP contribution in [0.2, 0.25) is 0 Å². The van der Waals surface area contributed by atoms with Gasteiger partial charge in [-0.3, -0.25) is 4.68 Å². The van der Waals surface area contributed by atoms with E-state index in [0.717, 1.165) is 31.7 Å². The van der Waals surface area contributed by atoms with Crippen LogP contribution in [-0.4, -0.2) is 28.0 Å². The van der Waals surface area contributed by atoms with E-state index >= 15 is 0 Å². The second-order valence-corrected chi connectivity index (χ2v) is 4.79. The Balaban J connectivity index is 2.58. The van der Waals surface area contributed by atoms with E-state index in [2.05, 4.69) is 35.9 Å². The summed E-state index contributed by atoms with van der Waals surface area (Å²) in [6, 6.07) is 0. The van der Waals surface area contributed by atoms with E-state index in [1.807, 2.05) is 6.92 Å². The summed E-state index contributed by atoms with van der Waals surface area (Å²) in [7, 11) is 0. The molecule has 1 atom stereocenters. The Morgan fingerprint density at radius 3 is 2.71 bits per heavy atom. The average molecular weight is 239 g/mol. The van der Waals surface area contributed by atoms with Crippen LogP contribution in [0.3, 0.4) is 0 Å². The van der Waals surface area contributed by atoms with Gasteiger partial charge in [-0.15, -0.1) is 0 Å². The fourth-order valence-electron chi connectivity index (χ4n) is 1.93. The molecule has 0 aliphatic carbocycles. The molecule has 17 heavy (non-hydrogen) atoms. The summed E-state index contributed by atoms with van der Waals surface area (Å²) in [4.78, 5) is 0. The van der Waals surface area contributed by atoms with E-state index in [1.54, 1.807) is 0 Å². The Bertz CT molecular complexity index is 347. The smallest absolute Gasteiger partial charge is 0.0641 e. The van der Waals surface area contributed by atoms with E-state index in [9.17, 15) is 0 Å². The molecular formula is C13H25N3O. The van der Waals surface area contributed by atoms with Crippen molar-refractivity contribution in [3.63, 3.8) is 0 Å². The average Bonchev–Trinajstić information content (AvgIpc) is 2.57. The monoisotopic (exact) mass is 239 g/mol. The molecule has 4 nitrogen and oxygen atoms in total. The Hall–Kier alpha value is -0.870. The Labute approximate surface area is 104 Å². The number of aliphatic hydroxyl groups is 1. The third-order valence-electron chi connectivity index (χ3n) is 3.07. The minimum atomic E-state index is 0.236. The number of aryl methyl sites for hydroxylation is 2. The molecule has 0 bridgehead atoms. The molecule has 0 aliphatic heterocycles. The molecule has 1 rings (SSSR count). The summed E-state index contributed by atoms with van der Waals surface area (Å²) in [6.07, 6.45) is 1.11. The molecule has 98 valence electrons. The van der Waals surface area contributed by atoms with Gasteiger partial charge >= 0.3 is 0 Å². The fourth-order valence-corrected chi connectivity index (χ4v) is 1.93. The van der Waals surface area contributed by atoms with Crippen molar-refractivity contribution in [1.82, 2.24) is 15.1 Å². The SMILES string of the molecule is CCCn1nc(C)c(CNCC(C)CO)c1C. The molecule has 1 unspecified atom stereocenters. The van der Waals surface area contributed by atoms with Crippen LogP contribution < -0.4 is 5.32 Å². The van der Waals surface area contributed by atoms with Gasteiger partial charge < -0.3 is 10.4 Å². The zero-order valence-electron chi connectivity index (χ0n) is 11.5. The Morgan fingerprint density at radius 1 is 1.41 bits per heavy atom. The lowest BCUT2D eigenvalue weighted by Crippen LogP contribution is -2.23. The highest BCUT2D eigenvalue weighted by molar-refractivity contribution is 5.24. The molecule has 0 amide bonds. The molecule has 0 saturated heterocycles. The van der Waals surface area contributed by atoms with E-state index < -0.39 is 0 Å². The zero-order chi connectivity index (χ0) is 12.8. The lowest BCUT2D eigenvalue weighted by molar-refractivity contribution is 0.233. The van der Waals surface area contributed by atoms with Crippen molar-refractivity contribution in [3.05, 3.63) is 17.0 Å². The molecule has 4 heteroatoms. The number of aromatic nitrogens is 2. The summed E-state index contributed by atoms with van der Waals surface area (Å²) in [5.41, 5.74) is 3.66. The molecule has 0 aromatic carbocycles. The van der Waals surface area contributed by atoms with Crippen molar-refractivity contribution in [1.29, 1.82) is 0 Å². The van der Waals surface area contributed by atoms with Crippen molar-refractivity contribution >= 4 is 0 Å². The van der Waals surface area contributed by atoms with Gasteiger partial charge in [-0.25, -0.2) is 0 Å². The maximum atomic E-state index is 8.96. The van der Waals surface area contributed by atoms with Crippen LogP contribution in [0.15, 0.2) is 0 Å². The summed E-state index contributed by atoms with van der Waals surface area (Å²) in [5, 5.41) is 16.9. The van der Waals surface area contributed by atoms with Crippen LogP contribution in [-0.2, 0) is 13.1 Å². The third-order valence-corrected chi connectivity index (χ3v) is 3.07. The van der Waals surface area contributed by atoms with Gasteiger partial charge in [0, 0.05) is 37.5 Å². The molecule has 0 aliphatic rings. The maximum absolute atomic E-state index is 8.96.